The van der Waals surface area contributed by atoms with E-state index in [1.165, 1.54) is 17.4 Å². The smallest absolute Gasteiger partial charge is 0.398 e. The van der Waals surface area contributed by atoms with Gasteiger partial charge in [-0.2, -0.15) is 0 Å². The molecule has 0 saturated carbocycles. The number of ether oxygens (including phenoxy) is 1. The van der Waals surface area contributed by atoms with E-state index < -0.39 is 24.0 Å². The number of hydrogen-bond donors (Lipinski definition) is 0. The fourth-order valence-electron chi connectivity index (χ4n) is 1.86. The molecule has 1 aliphatic rings. The molecule has 0 spiro atoms. The first-order valence-corrected chi connectivity index (χ1v) is 7.92. The van der Waals surface area contributed by atoms with E-state index in [1.807, 2.05) is 39.1 Å². The molecule has 0 atom stereocenters. The molecule has 0 amide bonds. The topological polar surface area (TPSA) is 27.7 Å². The van der Waals surface area contributed by atoms with Crippen molar-refractivity contribution < 1.29 is 18.4 Å². The lowest BCUT2D eigenvalue weighted by Crippen LogP contribution is -2.41. The molecule has 1 saturated heterocycles. The van der Waals surface area contributed by atoms with Crippen molar-refractivity contribution in [3.05, 3.63) is 27.6 Å². The van der Waals surface area contributed by atoms with Crippen molar-refractivity contribution in [1.82, 2.24) is 0 Å². The summed E-state index contributed by atoms with van der Waals surface area (Å²) in [6, 6.07) is 1.83. The van der Waals surface area contributed by atoms with Crippen LogP contribution in [0.3, 0.4) is 0 Å². The molecule has 1 aliphatic heterocycles. The van der Waals surface area contributed by atoms with Crippen LogP contribution in [-0.2, 0) is 14.0 Å². The maximum absolute atomic E-state index is 14.4. The Kier molecular flexibility index (Phi) is 5.13. The van der Waals surface area contributed by atoms with Gasteiger partial charge in [0.25, 0.3) is 0 Å². The van der Waals surface area contributed by atoms with E-state index in [-0.39, 0.29) is 0 Å². The molecule has 118 valence electrons. The summed E-state index contributed by atoms with van der Waals surface area (Å²) in [7, 11) is 0.631. The number of rotatable bonds is 3. The van der Waals surface area contributed by atoms with Crippen molar-refractivity contribution in [3.63, 3.8) is 0 Å². The lowest BCUT2D eigenvalue weighted by Gasteiger charge is -2.32. The Morgan fingerprint density at radius 1 is 1.36 bits per heavy atom. The van der Waals surface area contributed by atoms with Crippen LogP contribution >= 0.6 is 11.3 Å². The molecule has 1 aromatic rings. The molecule has 0 N–H and O–H groups in total. The molecule has 6 heteroatoms. The Labute approximate surface area is 135 Å². The van der Waals surface area contributed by atoms with E-state index in [2.05, 4.69) is 11.8 Å². The second kappa shape index (κ2) is 6.55. The Hall–Kier alpha value is -1.13. The number of halogens is 1. The first kappa shape index (κ1) is 17.2. The zero-order chi connectivity index (χ0) is 16.4. The van der Waals surface area contributed by atoms with E-state index in [4.69, 9.17) is 14.0 Å². The fourth-order valence-corrected chi connectivity index (χ4v) is 2.63. The average Bonchev–Trinajstić information content (AvgIpc) is 2.93. The van der Waals surface area contributed by atoms with Crippen LogP contribution in [0.1, 0.15) is 38.1 Å². The zero-order valence-electron chi connectivity index (χ0n) is 13.5. The summed E-state index contributed by atoms with van der Waals surface area (Å²) < 4.78 is 30.6. The number of thiophene rings is 1. The van der Waals surface area contributed by atoms with Crippen LogP contribution in [0, 0.1) is 11.8 Å². The van der Waals surface area contributed by atoms with Crippen LogP contribution in [0.2, 0.25) is 0 Å². The van der Waals surface area contributed by atoms with Gasteiger partial charge in [-0.15, -0.1) is 11.3 Å². The van der Waals surface area contributed by atoms with Crippen molar-refractivity contribution in [1.29, 1.82) is 0 Å². The van der Waals surface area contributed by atoms with Crippen LogP contribution in [-0.4, -0.2) is 32.0 Å². The van der Waals surface area contributed by atoms with Gasteiger partial charge in [0.2, 0.25) is 0 Å². The van der Waals surface area contributed by atoms with Crippen LogP contribution in [0.5, 0.6) is 0 Å². The van der Waals surface area contributed by atoms with E-state index in [9.17, 15) is 4.39 Å². The van der Waals surface area contributed by atoms with E-state index in [0.29, 0.717) is 6.61 Å². The minimum Gasteiger partial charge on any atom is -0.398 e. The third-order valence-electron chi connectivity index (χ3n) is 3.83. The van der Waals surface area contributed by atoms with Crippen molar-refractivity contribution in [2.24, 2.45) is 0 Å². The maximum Gasteiger partial charge on any atom is 0.525 e. The van der Waals surface area contributed by atoms with E-state index >= 15 is 0 Å². The Balaban J connectivity index is 2.09. The predicted molar refractivity (Wildman–Crippen MR) is 88.2 cm³/mol. The average molecular weight is 322 g/mol. The molecule has 0 unspecified atom stereocenters. The highest BCUT2D eigenvalue weighted by molar-refractivity contribution is 7.11. The van der Waals surface area contributed by atoms with Gasteiger partial charge in [-0.3, -0.25) is 0 Å². The monoisotopic (exact) mass is 322 g/mol. The number of methoxy groups -OCH3 is 1. The Bertz CT molecular complexity index is 609. The SMILES string of the molecule is COCC#Cc1csc(C=C(F)B2OC(C)(C)C(C)(C)O2)c1. The van der Waals surface area contributed by atoms with Crippen molar-refractivity contribution >= 4 is 24.5 Å². The van der Waals surface area contributed by atoms with Gasteiger partial charge >= 0.3 is 7.12 Å². The molecule has 22 heavy (non-hydrogen) atoms. The summed E-state index contributed by atoms with van der Waals surface area (Å²) >= 11 is 1.42. The zero-order valence-corrected chi connectivity index (χ0v) is 14.3. The van der Waals surface area contributed by atoms with Gasteiger partial charge in [-0.25, -0.2) is 4.39 Å². The second-order valence-electron chi connectivity index (χ2n) is 6.09. The first-order chi connectivity index (χ1) is 10.2. The minimum atomic E-state index is -0.963. The maximum atomic E-state index is 14.4. The third-order valence-corrected chi connectivity index (χ3v) is 4.71. The molecule has 0 bridgehead atoms. The summed E-state index contributed by atoms with van der Waals surface area (Å²) in [6.07, 6.45) is 1.44. The standard InChI is InChI=1S/C16H20BFO3S/c1-15(2)16(3,4)21-17(20-15)14(18)10-13-9-12(11-22-13)7-6-8-19-5/h9-11H,8H2,1-5H3. The van der Waals surface area contributed by atoms with E-state index in [0.717, 1.165) is 10.4 Å². The molecule has 0 radical (unpaired) electrons. The molecule has 2 rings (SSSR count). The molecular weight excluding hydrogens is 302 g/mol. The Morgan fingerprint density at radius 3 is 2.59 bits per heavy atom. The van der Waals surface area contributed by atoms with Crippen LogP contribution < -0.4 is 0 Å². The summed E-state index contributed by atoms with van der Waals surface area (Å²) in [5, 5.41) is 1.88. The van der Waals surface area contributed by atoms with Gasteiger partial charge < -0.3 is 14.0 Å². The van der Waals surface area contributed by atoms with Crippen LogP contribution in [0.4, 0.5) is 4.39 Å². The summed E-state index contributed by atoms with van der Waals surface area (Å²) in [6.45, 7) is 7.97. The summed E-state index contributed by atoms with van der Waals surface area (Å²) in [5.41, 5.74) is -0.684. The Morgan fingerprint density at radius 2 is 2.00 bits per heavy atom. The first-order valence-electron chi connectivity index (χ1n) is 7.04. The van der Waals surface area contributed by atoms with Gasteiger partial charge in [0.05, 0.1) is 11.2 Å². The normalized spacial score (nSPS) is 19.9. The second-order valence-corrected chi connectivity index (χ2v) is 7.03. The van der Waals surface area contributed by atoms with Gasteiger partial charge in [-0.05, 0) is 39.8 Å². The summed E-state index contributed by atoms with van der Waals surface area (Å²) in [5.74, 6) is 5.82. The quantitative estimate of drug-likeness (QED) is 0.627. The number of hydrogen-bond acceptors (Lipinski definition) is 4. The highest BCUT2D eigenvalue weighted by Gasteiger charge is 2.53. The molecule has 1 aromatic heterocycles. The van der Waals surface area contributed by atoms with Gasteiger partial charge in [-0.1, -0.05) is 11.8 Å². The predicted octanol–water partition coefficient (Wildman–Crippen LogP) is 3.69. The lowest BCUT2D eigenvalue weighted by atomic mass is 9.87. The molecule has 0 aromatic carbocycles. The molecule has 0 aliphatic carbocycles. The van der Waals surface area contributed by atoms with Crippen LogP contribution in [0.25, 0.3) is 6.08 Å². The van der Waals surface area contributed by atoms with E-state index in [1.54, 1.807) is 7.11 Å². The fraction of sp³-hybridized carbons (Fsp3) is 0.500. The van der Waals surface area contributed by atoms with Crippen molar-refractivity contribution in [2.45, 2.75) is 38.9 Å². The highest BCUT2D eigenvalue weighted by Crippen LogP contribution is 2.39. The minimum absolute atomic E-state index is 0.378. The molecule has 1 fully saturated rings. The third kappa shape index (κ3) is 3.79. The van der Waals surface area contributed by atoms with Gasteiger partial charge in [0.1, 0.15) is 12.3 Å². The summed E-state index contributed by atoms with van der Waals surface area (Å²) in [4.78, 5) is 0.772. The lowest BCUT2D eigenvalue weighted by molar-refractivity contribution is 0.00578. The largest absolute Gasteiger partial charge is 0.525 e. The van der Waals surface area contributed by atoms with Crippen molar-refractivity contribution in [2.75, 3.05) is 13.7 Å². The molecule has 3 nitrogen and oxygen atoms in total. The van der Waals surface area contributed by atoms with Crippen molar-refractivity contribution in [3.8, 4) is 11.8 Å². The van der Waals surface area contributed by atoms with Crippen LogP contribution in [0.15, 0.2) is 17.2 Å². The van der Waals surface area contributed by atoms with Gasteiger partial charge in [0.15, 0.2) is 0 Å². The molecule has 2 heterocycles. The molecular formula is C16H20BFO3S. The highest BCUT2D eigenvalue weighted by atomic mass is 32.1. The van der Waals surface area contributed by atoms with Gasteiger partial charge in [0, 0.05) is 22.9 Å².